The molecule has 2 N–H and O–H groups in total. The van der Waals surface area contributed by atoms with E-state index in [4.69, 9.17) is 4.55 Å². The van der Waals surface area contributed by atoms with E-state index in [2.05, 4.69) is 0 Å². The molecule has 0 saturated carbocycles. The minimum atomic E-state index is -5.19. The van der Waals surface area contributed by atoms with Crippen LogP contribution in [0.5, 0.6) is 0 Å². The third-order valence-corrected chi connectivity index (χ3v) is 3.69. The second-order valence-corrected chi connectivity index (χ2v) is 6.66. The van der Waals surface area contributed by atoms with Gasteiger partial charge < -0.3 is 19.5 Å². The first-order valence-electron chi connectivity index (χ1n) is 4.94. The predicted molar refractivity (Wildman–Crippen MR) is 58.6 cm³/mol. The summed E-state index contributed by atoms with van der Waals surface area (Å²) in [7, 11) is -1.03. The van der Waals surface area contributed by atoms with Gasteiger partial charge in [0.05, 0.1) is 21.1 Å². The summed E-state index contributed by atoms with van der Waals surface area (Å²) in [5.74, 6) is -2.67. The second-order valence-electron chi connectivity index (χ2n) is 5.00. The lowest BCUT2D eigenvalue weighted by Crippen LogP contribution is -2.66. The molecule has 0 aromatic carbocycles. The highest BCUT2D eigenvalue weighted by molar-refractivity contribution is 7.87. The van der Waals surface area contributed by atoms with Crippen molar-refractivity contribution in [2.45, 2.75) is 24.3 Å². The Balaban J connectivity index is 6.00. The van der Waals surface area contributed by atoms with E-state index >= 15 is 0 Å². The lowest BCUT2D eigenvalue weighted by molar-refractivity contribution is -0.891. The number of quaternary nitrogens is 1. The highest BCUT2D eigenvalue weighted by Gasteiger charge is 2.57. The topological polar surface area (TPSA) is 132 Å². The minimum Gasteiger partial charge on any atom is -0.550 e. The van der Waals surface area contributed by atoms with Gasteiger partial charge in [0.1, 0.15) is 0 Å². The summed E-state index contributed by atoms with van der Waals surface area (Å²) in [5.41, 5.74) is 0. The molecular formula is C9H17NO7S. The minimum absolute atomic E-state index is 0.376. The molecule has 106 valence electrons. The molecule has 2 atom stereocenters. The van der Waals surface area contributed by atoms with Crippen LogP contribution in [0, 0.1) is 0 Å². The van der Waals surface area contributed by atoms with Crippen LogP contribution in [-0.2, 0) is 19.7 Å². The molecule has 8 nitrogen and oxygen atoms in total. The van der Waals surface area contributed by atoms with Crippen molar-refractivity contribution < 1.29 is 37.3 Å². The molecule has 0 spiro atoms. The summed E-state index contributed by atoms with van der Waals surface area (Å²) < 4.78 is 31.1. The van der Waals surface area contributed by atoms with Crippen molar-refractivity contribution >= 4 is 21.9 Å². The van der Waals surface area contributed by atoms with Gasteiger partial charge in [0.25, 0.3) is 4.93 Å². The molecule has 0 aliphatic rings. The maximum atomic E-state index is 11.5. The second kappa shape index (κ2) is 4.92. The zero-order chi connectivity index (χ0) is 14.9. The number of nitrogens with zero attached hydrogens (tertiary/aromatic N) is 1. The molecule has 0 aromatic rings. The number of aliphatic carboxylic acids is 1. The number of carbonyl (C=O) groups excluding carboxylic acids is 2. The normalized spacial score (nSPS) is 17.9. The average Bonchev–Trinajstić information content (AvgIpc) is 1.94. The van der Waals surface area contributed by atoms with Crippen LogP contribution in [0.1, 0.15) is 13.3 Å². The van der Waals surface area contributed by atoms with Crippen LogP contribution < -0.4 is 5.11 Å². The number of rotatable bonds is 6. The van der Waals surface area contributed by atoms with Gasteiger partial charge in [-0.1, -0.05) is 0 Å². The molecule has 0 saturated heterocycles. The van der Waals surface area contributed by atoms with Gasteiger partial charge >= 0.3 is 10.1 Å². The first-order chi connectivity index (χ1) is 7.73. The van der Waals surface area contributed by atoms with E-state index in [-0.39, 0.29) is 4.48 Å². The fraction of sp³-hybridized carbons (Fsp3) is 0.778. The Morgan fingerprint density at radius 2 is 1.72 bits per heavy atom. The third-order valence-electron chi connectivity index (χ3n) is 2.43. The van der Waals surface area contributed by atoms with Crippen molar-refractivity contribution in [2.75, 3.05) is 21.1 Å². The molecule has 0 fully saturated rings. The zero-order valence-corrected chi connectivity index (χ0v) is 11.4. The first kappa shape index (κ1) is 17.0. The van der Waals surface area contributed by atoms with Gasteiger partial charge in [-0.15, -0.1) is 0 Å². The first-order valence-corrected chi connectivity index (χ1v) is 6.38. The van der Waals surface area contributed by atoms with Crippen LogP contribution in [0.3, 0.4) is 0 Å². The summed E-state index contributed by atoms with van der Waals surface area (Å²) in [6.07, 6.45) is -1.40. The van der Waals surface area contributed by atoms with E-state index in [0.717, 1.165) is 6.92 Å². The van der Waals surface area contributed by atoms with E-state index in [0.29, 0.717) is 0 Å². The van der Waals surface area contributed by atoms with Crippen molar-refractivity contribution in [1.82, 2.24) is 0 Å². The van der Waals surface area contributed by atoms with Crippen molar-refractivity contribution in [3.8, 4) is 0 Å². The van der Waals surface area contributed by atoms with Crippen LogP contribution in [-0.4, -0.2) is 66.4 Å². The standard InChI is InChI=1S/C9H17NO7S/c1-6(11)8(10(2,3)4)9(14,5-7(12)13)18(15,16)17/h8,14H,5H2,1-4H3,(H-,12,13,15,16,17). The van der Waals surface area contributed by atoms with Gasteiger partial charge in [-0.2, -0.15) is 8.42 Å². The number of carboxylic acids is 1. The van der Waals surface area contributed by atoms with Crippen LogP contribution in [0.2, 0.25) is 0 Å². The van der Waals surface area contributed by atoms with Crippen LogP contribution in [0.15, 0.2) is 0 Å². The van der Waals surface area contributed by atoms with Gasteiger partial charge in [-0.3, -0.25) is 9.35 Å². The molecule has 0 radical (unpaired) electrons. The number of Topliss-reactive ketones (excluding diaryl/α,β-unsaturated/α-hetero) is 1. The Bertz CT molecular complexity index is 450. The molecule has 0 amide bonds. The lowest BCUT2D eigenvalue weighted by Gasteiger charge is -2.40. The molecule has 0 rings (SSSR count). The summed E-state index contributed by atoms with van der Waals surface area (Å²) >= 11 is 0. The quantitative estimate of drug-likeness (QED) is 0.402. The molecule has 9 heteroatoms. The molecule has 0 aliphatic carbocycles. The Hall–Kier alpha value is -1.03. The zero-order valence-electron chi connectivity index (χ0n) is 10.6. The van der Waals surface area contributed by atoms with Crippen molar-refractivity contribution in [3.05, 3.63) is 0 Å². The molecule has 0 aromatic heterocycles. The Kier molecular flexibility index (Phi) is 4.64. The smallest absolute Gasteiger partial charge is 0.302 e. The van der Waals surface area contributed by atoms with E-state index in [9.17, 15) is 28.2 Å². The molecule has 2 unspecified atom stereocenters. The van der Waals surface area contributed by atoms with Gasteiger partial charge in [0.2, 0.25) is 0 Å². The number of carboxylic acid groups (broad SMARTS) is 1. The highest BCUT2D eigenvalue weighted by atomic mass is 32.2. The van der Waals surface area contributed by atoms with Gasteiger partial charge in [0.15, 0.2) is 11.8 Å². The fourth-order valence-corrected chi connectivity index (χ4v) is 3.07. The molecule has 18 heavy (non-hydrogen) atoms. The number of aliphatic hydroxyl groups is 1. The van der Waals surface area contributed by atoms with E-state index in [1.54, 1.807) is 0 Å². The van der Waals surface area contributed by atoms with Crippen LogP contribution in [0.4, 0.5) is 0 Å². The molecular weight excluding hydrogens is 266 g/mol. The van der Waals surface area contributed by atoms with Crippen LogP contribution >= 0.6 is 0 Å². The SMILES string of the molecule is CC(=O)C(C(O)(CC(=O)[O-])S(=O)(=O)O)[N+](C)(C)C. The third kappa shape index (κ3) is 3.48. The fourth-order valence-electron chi connectivity index (χ4n) is 2.00. The molecule has 0 aliphatic heterocycles. The number of ketones is 1. The monoisotopic (exact) mass is 283 g/mol. The molecule has 0 heterocycles. The van der Waals surface area contributed by atoms with Crippen LogP contribution in [0.25, 0.3) is 0 Å². The summed E-state index contributed by atoms with van der Waals surface area (Å²) in [6.45, 7) is 1.000. The Morgan fingerprint density at radius 3 is 1.89 bits per heavy atom. The largest absolute Gasteiger partial charge is 0.550 e. The van der Waals surface area contributed by atoms with Crippen molar-refractivity contribution in [3.63, 3.8) is 0 Å². The maximum absolute atomic E-state index is 11.5. The average molecular weight is 283 g/mol. The predicted octanol–water partition coefficient (Wildman–Crippen LogP) is -2.63. The van der Waals surface area contributed by atoms with E-state index in [1.165, 1.54) is 21.1 Å². The maximum Gasteiger partial charge on any atom is 0.302 e. The molecule has 0 bridgehead atoms. The van der Waals surface area contributed by atoms with Gasteiger partial charge in [-0.05, 0) is 0 Å². The van der Waals surface area contributed by atoms with Gasteiger partial charge in [-0.25, -0.2) is 0 Å². The summed E-state index contributed by atoms with van der Waals surface area (Å²) in [5, 5.41) is 20.5. The van der Waals surface area contributed by atoms with Crippen molar-refractivity contribution in [1.29, 1.82) is 0 Å². The summed E-state index contributed by atoms with van der Waals surface area (Å²) in [4.78, 5) is 18.9. The number of hydrogen-bond donors (Lipinski definition) is 2. The van der Waals surface area contributed by atoms with E-state index in [1.807, 2.05) is 0 Å². The van der Waals surface area contributed by atoms with Crippen molar-refractivity contribution in [2.24, 2.45) is 0 Å². The number of likely N-dealkylation sites (N-methyl/N-ethyl adjacent to an activating group) is 1. The lowest BCUT2D eigenvalue weighted by atomic mass is 10.0. The Morgan fingerprint density at radius 1 is 1.33 bits per heavy atom. The van der Waals surface area contributed by atoms with E-state index < -0.39 is 39.3 Å². The summed E-state index contributed by atoms with van der Waals surface area (Å²) in [6, 6.07) is -1.66. The number of hydrogen-bond acceptors (Lipinski definition) is 6. The highest BCUT2D eigenvalue weighted by Crippen LogP contribution is 2.28. The number of carbonyl (C=O) groups is 2. The Labute approximate surface area is 105 Å². The van der Waals surface area contributed by atoms with Gasteiger partial charge in [0, 0.05) is 19.3 Å².